The first-order valence-corrected chi connectivity index (χ1v) is 10.2. The van der Waals surface area contributed by atoms with Gasteiger partial charge in [0.15, 0.2) is 0 Å². The van der Waals surface area contributed by atoms with Gasteiger partial charge in [-0.3, -0.25) is 9.48 Å². The largest absolute Gasteiger partial charge is 0.342 e. The third-order valence-electron chi connectivity index (χ3n) is 6.21. The van der Waals surface area contributed by atoms with Gasteiger partial charge in [-0.1, -0.05) is 36.8 Å². The minimum atomic E-state index is 0.310. The zero-order valence-corrected chi connectivity index (χ0v) is 16.5. The molecule has 0 N–H and O–H groups in total. The Morgan fingerprint density at radius 3 is 2.63 bits per heavy atom. The van der Waals surface area contributed by atoms with Crippen LogP contribution in [0, 0.1) is 0 Å². The van der Waals surface area contributed by atoms with Crippen molar-refractivity contribution >= 4 is 5.91 Å². The number of rotatable bonds is 3. The normalized spacial score (nSPS) is 21.0. The van der Waals surface area contributed by atoms with Gasteiger partial charge in [-0.25, -0.2) is 0 Å². The van der Waals surface area contributed by atoms with Crippen molar-refractivity contribution in [2.24, 2.45) is 7.05 Å². The van der Waals surface area contributed by atoms with Crippen LogP contribution in [0.3, 0.4) is 0 Å². The fraction of sp³-hybridized carbons (Fsp3) is 0.545. The Morgan fingerprint density at radius 2 is 1.85 bits per heavy atom. The van der Waals surface area contributed by atoms with Gasteiger partial charge in [0.25, 0.3) is 0 Å². The summed E-state index contributed by atoms with van der Waals surface area (Å²) in [5.41, 5.74) is 4.87. The van der Waals surface area contributed by atoms with Gasteiger partial charge in [0, 0.05) is 50.1 Å². The standard InChI is InChI=1S/C22H30N4O/c1-24-13-7-6-10-18(24)16-21(27)26-14-11-19-20(12-15-26)23-25(2)22(19)17-8-4-3-5-9-17/h3-5,8-9,18H,6-7,10-16H2,1-2H3. The van der Waals surface area contributed by atoms with Gasteiger partial charge in [-0.15, -0.1) is 0 Å². The monoisotopic (exact) mass is 366 g/mol. The van der Waals surface area contributed by atoms with E-state index in [-0.39, 0.29) is 0 Å². The van der Waals surface area contributed by atoms with E-state index >= 15 is 0 Å². The molecule has 2 aliphatic heterocycles. The summed E-state index contributed by atoms with van der Waals surface area (Å²) in [5, 5.41) is 4.78. The molecule has 2 aromatic rings. The fourth-order valence-electron chi connectivity index (χ4n) is 4.63. The van der Waals surface area contributed by atoms with E-state index in [2.05, 4.69) is 41.1 Å². The number of carbonyl (C=O) groups excluding carboxylic acids is 1. The van der Waals surface area contributed by atoms with E-state index in [4.69, 9.17) is 5.10 Å². The molecule has 1 amide bonds. The minimum Gasteiger partial charge on any atom is -0.342 e. The van der Waals surface area contributed by atoms with Crippen LogP contribution in [0.1, 0.15) is 36.9 Å². The highest BCUT2D eigenvalue weighted by atomic mass is 16.2. The lowest BCUT2D eigenvalue weighted by molar-refractivity contribution is -0.132. The summed E-state index contributed by atoms with van der Waals surface area (Å²) in [6, 6.07) is 10.9. The maximum absolute atomic E-state index is 12.9. The van der Waals surface area contributed by atoms with Gasteiger partial charge in [0.2, 0.25) is 5.91 Å². The topological polar surface area (TPSA) is 41.4 Å². The van der Waals surface area contributed by atoms with Crippen molar-refractivity contribution in [1.29, 1.82) is 0 Å². The molecule has 1 saturated heterocycles. The Bertz CT molecular complexity index is 798. The first kappa shape index (κ1) is 18.2. The molecular weight excluding hydrogens is 336 g/mol. The molecule has 5 heteroatoms. The summed E-state index contributed by atoms with van der Waals surface area (Å²) in [5.74, 6) is 0.310. The number of nitrogens with zero attached hydrogens (tertiary/aromatic N) is 4. The Hall–Kier alpha value is -2.14. The van der Waals surface area contributed by atoms with E-state index in [9.17, 15) is 4.79 Å². The Balaban J connectivity index is 1.47. The van der Waals surface area contributed by atoms with Crippen molar-refractivity contribution in [2.75, 3.05) is 26.7 Å². The molecule has 0 radical (unpaired) electrons. The second kappa shape index (κ2) is 7.85. The summed E-state index contributed by atoms with van der Waals surface area (Å²) in [6.07, 6.45) is 6.06. The molecule has 0 bridgehead atoms. The van der Waals surface area contributed by atoms with Crippen molar-refractivity contribution < 1.29 is 4.79 Å². The predicted octanol–water partition coefficient (Wildman–Crippen LogP) is 2.89. The number of likely N-dealkylation sites (tertiary alicyclic amines) is 1. The first-order chi connectivity index (χ1) is 13.1. The first-order valence-electron chi connectivity index (χ1n) is 10.2. The molecule has 5 nitrogen and oxygen atoms in total. The summed E-state index contributed by atoms with van der Waals surface area (Å²) in [7, 11) is 4.18. The molecule has 1 atom stereocenters. The maximum atomic E-state index is 12.9. The van der Waals surface area contributed by atoms with E-state index in [0.717, 1.165) is 44.6 Å². The molecule has 2 aliphatic rings. The number of carbonyl (C=O) groups is 1. The molecule has 4 rings (SSSR count). The second-order valence-corrected chi connectivity index (χ2v) is 7.98. The lowest BCUT2D eigenvalue weighted by Crippen LogP contribution is -2.42. The quantitative estimate of drug-likeness (QED) is 0.839. The molecule has 144 valence electrons. The number of benzene rings is 1. The number of fused-ring (bicyclic) bond motifs is 1. The third-order valence-corrected chi connectivity index (χ3v) is 6.21. The van der Waals surface area contributed by atoms with Crippen LogP contribution in [-0.2, 0) is 24.7 Å². The maximum Gasteiger partial charge on any atom is 0.224 e. The zero-order chi connectivity index (χ0) is 18.8. The van der Waals surface area contributed by atoms with E-state index in [1.807, 2.05) is 17.8 Å². The molecule has 1 fully saturated rings. The van der Waals surface area contributed by atoms with Crippen LogP contribution in [0.25, 0.3) is 11.3 Å². The van der Waals surface area contributed by atoms with Crippen LogP contribution in [0.4, 0.5) is 0 Å². The predicted molar refractivity (Wildman–Crippen MR) is 108 cm³/mol. The summed E-state index contributed by atoms with van der Waals surface area (Å²) in [6.45, 7) is 2.70. The van der Waals surface area contributed by atoms with Crippen molar-refractivity contribution in [3.8, 4) is 11.3 Å². The van der Waals surface area contributed by atoms with E-state index in [1.54, 1.807) is 0 Å². The van der Waals surface area contributed by atoms with Crippen LogP contribution in [0.5, 0.6) is 0 Å². The highest BCUT2D eigenvalue weighted by Gasteiger charge is 2.27. The molecule has 0 saturated carbocycles. The molecule has 0 aliphatic carbocycles. The smallest absolute Gasteiger partial charge is 0.224 e. The molecule has 3 heterocycles. The Labute approximate surface area is 162 Å². The molecule has 1 unspecified atom stereocenters. The molecule has 1 aromatic heterocycles. The Morgan fingerprint density at radius 1 is 1.07 bits per heavy atom. The SMILES string of the molecule is CN1CCCCC1CC(=O)N1CCc2nn(C)c(-c3ccccc3)c2CC1. The summed E-state index contributed by atoms with van der Waals surface area (Å²) < 4.78 is 2.01. The Kier molecular flexibility index (Phi) is 5.30. The number of amides is 1. The molecule has 0 spiro atoms. The third kappa shape index (κ3) is 3.79. The number of hydrogen-bond acceptors (Lipinski definition) is 3. The van der Waals surface area contributed by atoms with Gasteiger partial charge in [-0.05, 0) is 32.9 Å². The zero-order valence-electron chi connectivity index (χ0n) is 16.5. The second-order valence-electron chi connectivity index (χ2n) is 7.98. The average molecular weight is 367 g/mol. The van der Waals surface area contributed by atoms with Crippen LogP contribution >= 0.6 is 0 Å². The van der Waals surface area contributed by atoms with Gasteiger partial charge >= 0.3 is 0 Å². The van der Waals surface area contributed by atoms with E-state index in [0.29, 0.717) is 18.4 Å². The van der Waals surface area contributed by atoms with Gasteiger partial charge in [-0.2, -0.15) is 5.10 Å². The molecule has 1 aromatic carbocycles. The highest BCUT2D eigenvalue weighted by Crippen LogP contribution is 2.29. The van der Waals surface area contributed by atoms with Crippen LogP contribution in [0.15, 0.2) is 30.3 Å². The summed E-state index contributed by atoms with van der Waals surface area (Å²) in [4.78, 5) is 17.4. The van der Waals surface area contributed by atoms with Crippen LogP contribution in [-0.4, -0.2) is 58.2 Å². The number of aryl methyl sites for hydroxylation is 1. The number of hydrogen-bond donors (Lipinski definition) is 0. The van der Waals surface area contributed by atoms with Crippen molar-refractivity contribution in [3.63, 3.8) is 0 Å². The van der Waals surface area contributed by atoms with Crippen LogP contribution < -0.4 is 0 Å². The van der Waals surface area contributed by atoms with Crippen molar-refractivity contribution in [2.45, 2.75) is 44.6 Å². The number of piperidine rings is 1. The highest BCUT2D eigenvalue weighted by molar-refractivity contribution is 5.77. The van der Waals surface area contributed by atoms with Gasteiger partial charge in [0.1, 0.15) is 0 Å². The minimum absolute atomic E-state index is 0.310. The van der Waals surface area contributed by atoms with E-state index in [1.165, 1.54) is 29.7 Å². The number of aromatic nitrogens is 2. The van der Waals surface area contributed by atoms with Crippen LogP contribution in [0.2, 0.25) is 0 Å². The van der Waals surface area contributed by atoms with Crippen molar-refractivity contribution in [3.05, 3.63) is 41.6 Å². The summed E-state index contributed by atoms with van der Waals surface area (Å²) >= 11 is 0. The lowest BCUT2D eigenvalue weighted by atomic mass is 9.99. The van der Waals surface area contributed by atoms with Gasteiger partial charge in [0.05, 0.1) is 11.4 Å². The average Bonchev–Trinajstić information content (AvgIpc) is 2.85. The molecular formula is C22H30N4O. The fourth-order valence-corrected chi connectivity index (χ4v) is 4.63. The van der Waals surface area contributed by atoms with Crippen molar-refractivity contribution in [1.82, 2.24) is 19.6 Å². The van der Waals surface area contributed by atoms with Gasteiger partial charge < -0.3 is 9.80 Å². The molecule has 27 heavy (non-hydrogen) atoms. The van der Waals surface area contributed by atoms with E-state index < -0.39 is 0 Å². The lowest BCUT2D eigenvalue weighted by Gasteiger charge is -2.33.